The number of carbonyl (C=O) groups excluding carboxylic acids is 1. The second kappa shape index (κ2) is 14.6. The van der Waals surface area contributed by atoms with Crippen molar-refractivity contribution in [3.63, 3.8) is 0 Å². The van der Waals surface area contributed by atoms with Crippen LogP contribution in [0.2, 0.25) is 0 Å². The van der Waals surface area contributed by atoms with Gasteiger partial charge in [-0.1, -0.05) is 51.2 Å². The Labute approximate surface area is 238 Å². The lowest BCUT2D eigenvalue weighted by Gasteiger charge is -2.27. The van der Waals surface area contributed by atoms with Gasteiger partial charge in [-0.05, 0) is 79.5 Å². The third-order valence-electron chi connectivity index (χ3n) is 7.92. The molecule has 0 aliphatic heterocycles. The maximum absolute atomic E-state index is 13.8. The monoisotopic (exact) mass is 551 g/mol. The molecular formula is C32H45N3O5. The van der Waals surface area contributed by atoms with E-state index in [1.54, 1.807) is 19.2 Å². The molecule has 40 heavy (non-hydrogen) atoms. The highest BCUT2D eigenvalue weighted by atomic mass is 16.5. The van der Waals surface area contributed by atoms with Crippen LogP contribution >= 0.6 is 0 Å². The third kappa shape index (κ3) is 7.93. The number of carbonyl (C=O) groups is 1. The first kappa shape index (κ1) is 30.9. The van der Waals surface area contributed by atoms with Crippen molar-refractivity contribution in [2.75, 3.05) is 26.6 Å². The number of guanidine groups is 1. The van der Waals surface area contributed by atoms with E-state index in [0.717, 1.165) is 62.5 Å². The van der Waals surface area contributed by atoms with Crippen molar-refractivity contribution in [2.24, 2.45) is 22.1 Å². The minimum atomic E-state index is -0.442. The number of aromatic hydroxyl groups is 2. The summed E-state index contributed by atoms with van der Waals surface area (Å²) in [5, 5.41) is 23.5. The second-order valence-corrected chi connectivity index (χ2v) is 10.8. The van der Waals surface area contributed by atoms with Gasteiger partial charge in [-0.25, -0.2) is 0 Å². The number of methoxy groups -OCH3 is 2. The topological polar surface area (TPSA) is 126 Å². The largest absolute Gasteiger partial charge is 0.504 e. The number of unbranched alkanes of at least 4 members (excludes halogenated alkanes) is 2. The van der Waals surface area contributed by atoms with Gasteiger partial charge in [0.25, 0.3) is 0 Å². The highest BCUT2D eigenvalue weighted by Gasteiger charge is 2.39. The average Bonchev–Trinajstić information content (AvgIpc) is 3.43. The van der Waals surface area contributed by atoms with Gasteiger partial charge in [0.1, 0.15) is 0 Å². The number of benzene rings is 2. The number of hydrogen-bond donors (Lipinski definition) is 4. The second-order valence-electron chi connectivity index (χ2n) is 10.8. The average molecular weight is 552 g/mol. The quantitative estimate of drug-likeness (QED) is 0.0730. The molecule has 1 aliphatic rings. The number of allylic oxidation sites excluding steroid dienone is 2. The Bertz CT molecular complexity index is 1200. The normalized spacial score (nSPS) is 15.8. The van der Waals surface area contributed by atoms with Crippen molar-refractivity contribution in [1.82, 2.24) is 0 Å². The van der Waals surface area contributed by atoms with Crippen LogP contribution in [0.15, 0.2) is 47.5 Å². The van der Waals surface area contributed by atoms with Crippen molar-refractivity contribution in [2.45, 2.75) is 71.1 Å². The van der Waals surface area contributed by atoms with Crippen LogP contribution in [0.5, 0.6) is 23.0 Å². The molecule has 8 nitrogen and oxygen atoms in total. The number of nitrogens with zero attached hydrogens (tertiary/aromatic N) is 1. The van der Waals surface area contributed by atoms with E-state index in [-0.39, 0.29) is 29.2 Å². The molecule has 0 unspecified atom stereocenters. The fourth-order valence-corrected chi connectivity index (χ4v) is 5.64. The molecule has 0 heterocycles. The summed E-state index contributed by atoms with van der Waals surface area (Å²) in [7, 11) is 4.62. The molecule has 0 spiro atoms. The Morgan fingerprint density at radius 3 is 2.45 bits per heavy atom. The van der Waals surface area contributed by atoms with E-state index in [1.807, 2.05) is 24.3 Å². The summed E-state index contributed by atoms with van der Waals surface area (Å²) < 4.78 is 10.7. The molecule has 1 atom stereocenters. The van der Waals surface area contributed by atoms with Crippen LogP contribution in [0, 0.1) is 11.3 Å². The zero-order chi connectivity index (χ0) is 29.1. The first-order chi connectivity index (χ1) is 19.2. The summed E-state index contributed by atoms with van der Waals surface area (Å²) in [5.41, 5.74) is 7.79. The van der Waals surface area contributed by atoms with Crippen LogP contribution in [0.25, 0.3) is 0 Å². The van der Waals surface area contributed by atoms with Crippen molar-refractivity contribution in [3.05, 3.63) is 53.6 Å². The van der Waals surface area contributed by atoms with E-state index in [1.165, 1.54) is 14.2 Å². The van der Waals surface area contributed by atoms with Crippen LogP contribution in [-0.2, 0) is 17.6 Å². The number of phenols is 2. The van der Waals surface area contributed by atoms with Gasteiger partial charge in [0.2, 0.25) is 0 Å². The van der Waals surface area contributed by atoms with Crippen LogP contribution < -0.4 is 20.5 Å². The number of hydrogen-bond acceptors (Lipinski definition) is 6. The van der Waals surface area contributed by atoms with Gasteiger partial charge in [0.05, 0.1) is 19.9 Å². The number of ether oxygens (including phenoxy) is 2. The summed E-state index contributed by atoms with van der Waals surface area (Å²) in [6.07, 6.45) is 13.2. The molecular weight excluding hydrogens is 506 g/mol. The maximum Gasteiger partial charge on any atom is 0.192 e. The highest BCUT2D eigenvalue weighted by molar-refractivity contribution is 5.95. The molecule has 8 heteroatoms. The molecule has 1 saturated carbocycles. The van der Waals surface area contributed by atoms with Gasteiger partial charge in [0.15, 0.2) is 34.7 Å². The molecule has 218 valence electrons. The predicted octanol–water partition coefficient (Wildman–Crippen LogP) is 6.14. The maximum atomic E-state index is 13.8. The minimum absolute atomic E-state index is 0.0276. The molecule has 1 fully saturated rings. The summed E-state index contributed by atoms with van der Waals surface area (Å²) in [4.78, 5) is 17.7. The van der Waals surface area contributed by atoms with Crippen molar-refractivity contribution >= 4 is 17.4 Å². The standard InChI is InChI=1S/C32H45N3O5/c1-5-6-7-10-22(17-24-18-25(35-31(33)34-2)30(38)28(20-24)40-4)12-14-29(37)32(15-8-9-16-32)21-23-11-13-26(36)27(19-23)39-3/h11-14,18-20,22,36,38H,5-10,15-17,21H2,1-4H3,(H3,33,34,35)/t22-/m1/s1. The summed E-state index contributed by atoms with van der Waals surface area (Å²) in [5.74, 6) is 1.34. The lowest BCUT2D eigenvalue weighted by molar-refractivity contribution is -0.123. The van der Waals surface area contributed by atoms with Gasteiger partial charge in [-0.3, -0.25) is 9.79 Å². The van der Waals surface area contributed by atoms with Gasteiger partial charge < -0.3 is 30.7 Å². The zero-order valence-electron chi connectivity index (χ0n) is 24.3. The Morgan fingerprint density at radius 2 is 1.80 bits per heavy atom. The molecule has 0 saturated heterocycles. The minimum Gasteiger partial charge on any atom is -0.504 e. The van der Waals surface area contributed by atoms with Crippen LogP contribution in [0.3, 0.4) is 0 Å². The van der Waals surface area contributed by atoms with Crippen molar-refractivity contribution in [3.8, 4) is 23.0 Å². The fraction of sp³-hybridized carbons (Fsp3) is 0.500. The number of phenolic OH excluding ortho intramolecular Hbond substituents is 2. The number of ketones is 1. The molecule has 5 N–H and O–H groups in total. The number of nitrogens with two attached hydrogens (primary N) is 1. The fourth-order valence-electron chi connectivity index (χ4n) is 5.64. The molecule has 2 aromatic rings. The molecule has 0 bridgehead atoms. The molecule has 0 radical (unpaired) electrons. The van der Waals surface area contributed by atoms with E-state index in [0.29, 0.717) is 30.0 Å². The smallest absolute Gasteiger partial charge is 0.192 e. The molecule has 1 aliphatic carbocycles. The molecule has 0 aromatic heterocycles. The molecule has 2 aromatic carbocycles. The lowest BCUT2D eigenvalue weighted by Crippen LogP contribution is -2.29. The Kier molecular flexibility index (Phi) is 11.3. The van der Waals surface area contributed by atoms with E-state index >= 15 is 0 Å². The molecule has 3 rings (SSSR count). The summed E-state index contributed by atoms with van der Waals surface area (Å²) in [6.45, 7) is 2.18. The van der Waals surface area contributed by atoms with E-state index in [4.69, 9.17) is 15.2 Å². The number of anilines is 1. The first-order valence-corrected chi connectivity index (χ1v) is 14.2. The number of nitrogens with one attached hydrogen (secondary N) is 1. The van der Waals surface area contributed by atoms with E-state index < -0.39 is 5.41 Å². The van der Waals surface area contributed by atoms with E-state index in [2.05, 4.69) is 23.3 Å². The van der Waals surface area contributed by atoms with Crippen LogP contribution in [-0.4, -0.2) is 43.2 Å². The third-order valence-corrected chi connectivity index (χ3v) is 7.92. The van der Waals surface area contributed by atoms with Crippen LogP contribution in [0.4, 0.5) is 5.69 Å². The van der Waals surface area contributed by atoms with Gasteiger partial charge in [0, 0.05) is 12.5 Å². The van der Waals surface area contributed by atoms with Crippen LogP contribution in [0.1, 0.15) is 69.4 Å². The first-order valence-electron chi connectivity index (χ1n) is 14.2. The highest BCUT2D eigenvalue weighted by Crippen LogP contribution is 2.43. The van der Waals surface area contributed by atoms with Gasteiger partial charge in [-0.15, -0.1) is 0 Å². The Morgan fingerprint density at radius 1 is 1.10 bits per heavy atom. The van der Waals surface area contributed by atoms with Crippen molar-refractivity contribution < 1.29 is 24.5 Å². The Balaban J connectivity index is 1.85. The van der Waals surface area contributed by atoms with Gasteiger partial charge in [-0.2, -0.15) is 0 Å². The van der Waals surface area contributed by atoms with E-state index in [9.17, 15) is 15.0 Å². The zero-order valence-corrected chi connectivity index (χ0v) is 24.3. The lowest BCUT2D eigenvalue weighted by atomic mass is 9.75. The summed E-state index contributed by atoms with van der Waals surface area (Å²) in [6, 6.07) is 9.03. The number of aliphatic imine (C=N–C) groups is 1. The molecule has 0 amide bonds. The SMILES string of the molecule is CCCCC[C@H](C=CC(=O)C1(Cc2ccc(O)c(OC)c2)CCCC1)Cc1cc(NC(N)=NC)c(O)c(OC)c1. The predicted molar refractivity (Wildman–Crippen MR) is 161 cm³/mol. The summed E-state index contributed by atoms with van der Waals surface area (Å²) >= 11 is 0. The van der Waals surface area contributed by atoms with Gasteiger partial charge >= 0.3 is 0 Å². The Hall–Kier alpha value is -3.68. The van der Waals surface area contributed by atoms with Crippen molar-refractivity contribution in [1.29, 1.82) is 0 Å². The number of rotatable bonds is 14.